The number of nitrogens with zero attached hydrogens (tertiary/aromatic N) is 3. The van der Waals surface area contributed by atoms with Crippen molar-refractivity contribution < 1.29 is 14.2 Å². The van der Waals surface area contributed by atoms with Crippen LogP contribution in [0.5, 0.6) is 5.75 Å². The van der Waals surface area contributed by atoms with E-state index in [4.69, 9.17) is 4.74 Å². The van der Waals surface area contributed by atoms with Crippen molar-refractivity contribution in [3.63, 3.8) is 0 Å². The summed E-state index contributed by atoms with van der Waals surface area (Å²) in [5, 5.41) is 13.4. The van der Waals surface area contributed by atoms with E-state index in [1.54, 1.807) is 10.7 Å². The maximum Gasteiger partial charge on any atom is 0.164 e. The first-order chi connectivity index (χ1) is 9.11. The summed E-state index contributed by atoms with van der Waals surface area (Å²) >= 11 is 0. The van der Waals surface area contributed by atoms with Crippen molar-refractivity contribution in [3.05, 3.63) is 41.7 Å². The second-order valence-corrected chi connectivity index (χ2v) is 4.14. The fourth-order valence-corrected chi connectivity index (χ4v) is 1.75. The van der Waals surface area contributed by atoms with Crippen LogP contribution in [0.15, 0.2) is 24.5 Å². The highest BCUT2D eigenvalue weighted by Crippen LogP contribution is 2.22. The SMILES string of the molecule is CCn1ncnc1COc1ccc(C(C)O)c(F)c1. The highest BCUT2D eigenvalue weighted by atomic mass is 19.1. The van der Waals surface area contributed by atoms with E-state index in [0.29, 0.717) is 18.1 Å². The Balaban J connectivity index is 2.06. The van der Waals surface area contributed by atoms with E-state index in [9.17, 15) is 9.50 Å². The molecule has 0 radical (unpaired) electrons. The van der Waals surface area contributed by atoms with Crippen LogP contribution in [0.4, 0.5) is 4.39 Å². The summed E-state index contributed by atoms with van der Waals surface area (Å²) in [5.41, 5.74) is 0.254. The number of aromatic nitrogens is 3. The van der Waals surface area contributed by atoms with Gasteiger partial charge in [0.2, 0.25) is 0 Å². The molecule has 5 nitrogen and oxygen atoms in total. The van der Waals surface area contributed by atoms with Crippen LogP contribution in [0, 0.1) is 5.82 Å². The van der Waals surface area contributed by atoms with E-state index in [0.717, 1.165) is 0 Å². The van der Waals surface area contributed by atoms with Gasteiger partial charge in [0.25, 0.3) is 0 Å². The number of ether oxygens (including phenoxy) is 1. The third-order valence-corrected chi connectivity index (χ3v) is 2.79. The largest absolute Gasteiger partial charge is 0.486 e. The first-order valence-corrected chi connectivity index (χ1v) is 6.08. The minimum absolute atomic E-state index is 0.224. The third kappa shape index (κ3) is 3.08. The topological polar surface area (TPSA) is 60.2 Å². The van der Waals surface area contributed by atoms with Crippen LogP contribution < -0.4 is 4.74 Å². The van der Waals surface area contributed by atoms with Gasteiger partial charge in [-0.3, -0.25) is 0 Å². The van der Waals surface area contributed by atoms with Gasteiger partial charge in [0.05, 0.1) is 6.10 Å². The molecule has 0 aliphatic heterocycles. The second-order valence-electron chi connectivity index (χ2n) is 4.14. The van der Waals surface area contributed by atoms with Gasteiger partial charge in [-0.25, -0.2) is 14.1 Å². The first kappa shape index (κ1) is 13.5. The van der Waals surface area contributed by atoms with Crippen molar-refractivity contribution in [2.75, 3.05) is 0 Å². The molecule has 2 aromatic rings. The molecule has 102 valence electrons. The third-order valence-electron chi connectivity index (χ3n) is 2.79. The Labute approximate surface area is 110 Å². The number of halogens is 1. The normalized spacial score (nSPS) is 12.4. The van der Waals surface area contributed by atoms with Crippen LogP contribution in [0.25, 0.3) is 0 Å². The summed E-state index contributed by atoms with van der Waals surface area (Å²) in [6.45, 7) is 4.40. The average molecular weight is 265 g/mol. The number of benzene rings is 1. The maximum atomic E-state index is 13.6. The minimum atomic E-state index is -0.836. The van der Waals surface area contributed by atoms with Gasteiger partial charge in [-0.05, 0) is 26.0 Å². The highest BCUT2D eigenvalue weighted by molar-refractivity contribution is 5.30. The zero-order chi connectivity index (χ0) is 13.8. The quantitative estimate of drug-likeness (QED) is 0.899. The van der Waals surface area contributed by atoms with E-state index in [1.807, 2.05) is 6.92 Å². The molecule has 0 spiro atoms. The molecule has 0 fully saturated rings. The average Bonchev–Trinajstić information content (AvgIpc) is 2.83. The lowest BCUT2D eigenvalue weighted by Crippen LogP contribution is -2.07. The summed E-state index contributed by atoms with van der Waals surface area (Å²) in [4.78, 5) is 4.06. The van der Waals surface area contributed by atoms with Gasteiger partial charge >= 0.3 is 0 Å². The van der Waals surface area contributed by atoms with E-state index < -0.39 is 11.9 Å². The van der Waals surface area contributed by atoms with Gasteiger partial charge in [-0.15, -0.1) is 0 Å². The Morgan fingerprint density at radius 3 is 2.89 bits per heavy atom. The molecule has 0 aliphatic rings. The second kappa shape index (κ2) is 5.79. The molecule has 0 amide bonds. The van der Waals surface area contributed by atoms with Gasteiger partial charge in [-0.1, -0.05) is 0 Å². The Morgan fingerprint density at radius 1 is 1.47 bits per heavy atom. The van der Waals surface area contributed by atoms with Crippen molar-refractivity contribution in [1.82, 2.24) is 14.8 Å². The fraction of sp³-hybridized carbons (Fsp3) is 0.385. The summed E-state index contributed by atoms with van der Waals surface area (Å²) in [7, 11) is 0. The summed E-state index contributed by atoms with van der Waals surface area (Å²) in [5.74, 6) is 0.597. The van der Waals surface area contributed by atoms with Crippen molar-refractivity contribution in [2.24, 2.45) is 0 Å². The van der Waals surface area contributed by atoms with Crippen molar-refractivity contribution in [2.45, 2.75) is 33.1 Å². The van der Waals surface area contributed by atoms with Crippen LogP contribution >= 0.6 is 0 Å². The summed E-state index contributed by atoms with van der Waals surface area (Å²) < 4.78 is 20.8. The molecule has 1 heterocycles. The molecule has 1 aromatic carbocycles. The predicted octanol–water partition coefficient (Wildman–Crippen LogP) is 2.07. The zero-order valence-corrected chi connectivity index (χ0v) is 10.9. The molecule has 0 aliphatic carbocycles. The molecule has 1 aromatic heterocycles. The van der Waals surface area contributed by atoms with Crippen LogP contribution in [0.2, 0.25) is 0 Å². The van der Waals surface area contributed by atoms with Gasteiger partial charge in [0.1, 0.15) is 24.5 Å². The molecular weight excluding hydrogens is 249 g/mol. The Hall–Kier alpha value is -1.95. The Bertz CT molecular complexity index is 555. The highest BCUT2D eigenvalue weighted by Gasteiger charge is 2.10. The fourth-order valence-electron chi connectivity index (χ4n) is 1.75. The van der Waals surface area contributed by atoms with E-state index in [2.05, 4.69) is 10.1 Å². The molecule has 0 saturated carbocycles. The molecular formula is C13H16FN3O2. The summed E-state index contributed by atoms with van der Waals surface area (Å²) in [6, 6.07) is 4.40. The van der Waals surface area contributed by atoms with E-state index in [1.165, 1.54) is 25.4 Å². The molecule has 1 N–H and O–H groups in total. The van der Waals surface area contributed by atoms with Crippen molar-refractivity contribution >= 4 is 0 Å². The Kier molecular flexibility index (Phi) is 4.11. The standard InChI is InChI=1S/C13H16FN3O2/c1-3-17-13(15-8-16-17)7-19-10-4-5-11(9(2)18)12(14)6-10/h4-6,8-9,18H,3,7H2,1-2H3. The lowest BCUT2D eigenvalue weighted by Gasteiger charge is -2.10. The molecule has 2 rings (SSSR count). The number of rotatable bonds is 5. The molecule has 19 heavy (non-hydrogen) atoms. The molecule has 0 bridgehead atoms. The van der Waals surface area contributed by atoms with Crippen molar-refractivity contribution in [1.29, 1.82) is 0 Å². The monoisotopic (exact) mass is 265 g/mol. The van der Waals surface area contributed by atoms with Gasteiger partial charge < -0.3 is 9.84 Å². The zero-order valence-electron chi connectivity index (χ0n) is 10.9. The van der Waals surface area contributed by atoms with Gasteiger partial charge in [0.15, 0.2) is 5.82 Å². The van der Waals surface area contributed by atoms with Crippen LogP contribution in [-0.2, 0) is 13.2 Å². The minimum Gasteiger partial charge on any atom is -0.486 e. The van der Waals surface area contributed by atoms with Crippen molar-refractivity contribution in [3.8, 4) is 5.75 Å². The number of aryl methyl sites for hydroxylation is 1. The van der Waals surface area contributed by atoms with Crippen LogP contribution in [-0.4, -0.2) is 19.9 Å². The summed E-state index contributed by atoms with van der Waals surface area (Å²) in [6.07, 6.45) is 0.622. The smallest absolute Gasteiger partial charge is 0.164 e. The maximum absolute atomic E-state index is 13.6. The molecule has 0 saturated heterocycles. The van der Waals surface area contributed by atoms with Gasteiger partial charge in [-0.2, -0.15) is 5.10 Å². The number of aliphatic hydroxyl groups excluding tert-OH is 1. The van der Waals surface area contributed by atoms with Gasteiger partial charge in [0, 0.05) is 18.2 Å². The lowest BCUT2D eigenvalue weighted by molar-refractivity contribution is 0.193. The Morgan fingerprint density at radius 2 is 2.26 bits per heavy atom. The molecule has 1 unspecified atom stereocenters. The van der Waals surface area contributed by atoms with E-state index >= 15 is 0 Å². The molecule has 1 atom stereocenters. The van der Waals surface area contributed by atoms with Crippen LogP contribution in [0.3, 0.4) is 0 Å². The molecule has 6 heteroatoms. The predicted molar refractivity (Wildman–Crippen MR) is 67.1 cm³/mol. The first-order valence-electron chi connectivity index (χ1n) is 6.08. The number of aliphatic hydroxyl groups is 1. The van der Waals surface area contributed by atoms with Crippen LogP contribution in [0.1, 0.15) is 31.3 Å². The van der Waals surface area contributed by atoms with E-state index in [-0.39, 0.29) is 12.2 Å². The number of hydrogen-bond donors (Lipinski definition) is 1. The number of hydrogen-bond acceptors (Lipinski definition) is 4. The lowest BCUT2D eigenvalue weighted by atomic mass is 10.1.